The maximum Gasteiger partial charge on any atom is 0.337 e. The summed E-state index contributed by atoms with van der Waals surface area (Å²) in [5.41, 5.74) is 0. The highest BCUT2D eigenvalue weighted by Crippen LogP contribution is 2.13. The van der Waals surface area contributed by atoms with Gasteiger partial charge in [0.25, 0.3) is 10.0 Å². The smallest absolute Gasteiger partial charge is 0.337 e. The second-order valence-electron chi connectivity index (χ2n) is 3.30. The zero-order valence-electron chi connectivity index (χ0n) is 9.78. The molecule has 0 atom stereocenters. The molecule has 2 aromatic heterocycles. The van der Waals surface area contributed by atoms with Crippen LogP contribution in [0.3, 0.4) is 0 Å². The SMILES string of the molecule is CCOc1n[nH]c(NS(=O)(=O)c2ccnn2C)n1. The first-order valence-electron chi connectivity index (χ1n) is 5.09. The molecule has 0 unspecified atom stereocenters. The first kappa shape index (κ1) is 12.4. The van der Waals surface area contributed by atoms with E-state index in [4.69, 9.17) is 4.74 Å². The van der Waals surface area contributed by atoms with Crippen LogP contribution in [-0.4, -0.2) is 40.0 Å². The van der Waals surface area contributed by atoms with Gasteiger partial charge < -0.3 is 4.74 Å². The second-order valence-corrected chi connectivity index (χ2v) is 4.93. The summed E-state index contributed by atoms with van der Waals surface area (Å²) in [6.07, 6.45) is 1.39. The average molecular weight is 272 g/mol. The Morgan fingerprint density at radius 2 is 2.33 bits per heavy atom. The van der Waals surface area contributed by atoms with Gasteiger partial charge in [-0.2, -0.15) is 18.5 Å². The Bertz CT molecular complexity index is 631. The second kappa shape index (κ2) is 4.64. The highest BCUT2D eigenvalue weighted by atomic mass is 32.2. The molecule has 9 nitrogen and oxygen atoms in total. The van der Waals surface area contributed by atoms with Crippen molar-refractivity contribution in [2.24, 2.45) is 7.05 Å². The van der Waals surface area contributed by atoms with Gasteiger partial charge in [0, 0.05) is 7.05 Å². The van der Waals surface area contributed by atoms with Crippen molar-refractivity contribution >= 4 is 16.0 Å². The Morgan fingerprint density at radius 1 is 1.56 bits per heavy atom. The molecule has 0 aliphatic heterocycles. The van der Waals surface area contributed by atoms with Crippen molar-refractivity contribution in [3.05, 3.63) is 12.3 Å². The van der Waals surface area contributed by atoms with Crippen LogP contribution in [-0.2, 0) is 17.1 Å². The van der Waals surface area contributed by atoms with Crippen LogP contribution in [0, 0.1) is 0 Å². The largest absolute Gasteiger partial charge is 0.463 e. The lowest BCUT2D eigenvalue weighted by molar-refractivity contribution is 0.314. The quantitative estimate of drug-likeness (QED) is 0.774. The molecule has 0 radical (unpaired) electrons. The van der Waals surface area contributed by atoms with E-state index >= 15 is 0 Å². The fraction of sp³-hybridized carbons (Fsp3) is 0.375. The van der Waals surface area contributed by atoms with Crippen molar-refractivity contribution in [2.45, 2.75) is 11.9 Å². The standard InChI is InChI=1S/C8H12N6O3S/c1-3-17-8-10-7(11-12-8)13-18(15,16)6-4-5-9-14(6)2/h4-5H,3H2,1-2H3,(H2,10,11,12,13). The van der Waals surface area contributed by atoms with Gasteiger partial charge in [-0.05, 0) is 13.0 Å². The molecular formula is C8H12N6O3S. The number of anilines is 1. The predicted molar refractivity (Wildman–Crippen MR) is 61.6 cm³/mol. The van der Waals surface area contributed by atoms with Crippen molar-refractivity contribution in [2.75, 3.05) is 11.3 Å². The highest BCUT2D eigenvalue weighted by Gasteiger charge is 2.19. The van der Waals surface area contributed by atoms with Crippen molar-refractivity contribution in [3.8, 4) is 6.01 Å². The van der Waals surface area contributed by atoms with E-state index in [1.807, 2.05) is 0 Å². The number of ether oxygens (including phenoxy) is 1. The number of nitrogens with one attached hydrogen (secondary N) is 2. The van der Waals surface area contributed by atoms with Crippen molar-refractivity contribution in [3.63, 3.8) is 0 Å². The van der Waals surface area contributed by atoms with Crippen LogP contribution in [0.4, 0.5) is 5.95 Å². The maximum absolute atomic E-state index is 12.0. The lowest BCUT2D eigenvalue weighted by atomic mass is 10.7. The van der Waals surface area contributed by atoms with Crippen LogP contribution in [0.15, 0.2) is 17.3 Å². The van der Waals surface area contributed by atoms with Crippen molar-refractivity contribution in [1.82, 2.24) is 25.0 Å². The summed E-state index contributed by atoms with van der Waals surface area (Å²) in [5.74, 6) is -0.0142. The Kier molecular flexibility index (Phi) is 3.19. The van der Waals surface area contributed by atoms with Gasteiger partial charge >= 0.3 is 6.01 Å². The Hall–Kier alpha value is -2.10. The van der Waals surface area contributed by atoms with Gasteiger partial charge in [0.05, 0.1) is 12.8 Å². The number of aromatic amines is 1. The van der Waals surface area contributed by atoms with Gasteiger partial charge in [-0.25, -0.2) is 9.82 Å². The van der Waals surface area contributed by atoms with Gasteiger partial charge in [0.1, 0.15) is 0 Å². The molecule has 0 aliphatic rings. The minimum absolute atomic E-state index is 0.0142. The zero-order chi connectivity index (χ0) is 13.2. The van der Waals surface area contributed by atoms with Gasteiger partial charge in [-0.15, -0.1) is 5.10 Å². The third-order valence-corrected chi connectivity index (χ3v) is 3.43. The molecule has 98 valence electrons. The topological polar surface area (TPSA) is 115 Å². The molecule has 2 heterocycles. The van der Waals surface area contributed by atoms with Crippen LogP contribution in [0.1, 0.15) is 6.92 Å². The number of aryl methyl sites for hydroxylation is 1. The van der Waals surface area contributed by atoms with Gasteiger partial charge in [-0.3, -0.25) is 4.68 Å². The fourth-order valence-corrected chi connectivity index (χ4v) is 2.38. The molecule has 0 bridgehead atoms. The van der Waals surface area contributed by atoms with Gasteiger partial charge in [0.2, 0.25) is 5.95 Å². The number of hydrogen-bond acceptors (Lipinski definition) is 6. The Morgan fingerprint density at radius 3 is 2.94 bits per heavy atom. The van der Waals surface area contributed by atoms with E-state index in [0.717, 1.165) is 0 Å². The maximum atomic E-state index is 12.0. The van der Waals surface area contributed by atoms with E-state index < -0.39 is 10.0 Å². The number of rotatable bonds is 5. The molecule has 0 aromatic carbocycles. The van der Waals surface area contributed by atoms with Gasteiger partial charge in [-0.1, -0.05) is 0 Å². The third-order valence-electron chi connectivity index (χ3n) is 2.02. The summed E-state index contributed by atoms with van der Waals surface area (Å²) < 4.78 is 32.4. The molecule has 0 saturated heterocycles. The third kappa shape index (κ3) is 2.42. The minimum atomic E-state index is -3.74. The average Bonchev–Trinajstić information content (AvgIpc) is 2.88. The first-order chi connectivity index (χ1) is 8.53. The summed E-state index contributed by atoms with van der Waals surface area (Å²) in [4.78, 5) is 3.82. The number of aromatic nitrogens is 5. The van der Waals surface area contributed by atoms with E-state index in [1.165, 1.54) is 24.0 Å². The van der Waals surface area contributed by atoms with Crippen LogP contribution in [0.25, 0.3) is 0 Å². The summed E-state index contributed by atoms with van der Waals surface area (Å²) in [5, 5.41) is 9.92. The monoisotopic (exact) mass is 272 g/mol. The first-order valence-corrected chi connectivity index (χ1v) is 6.57. The predicted octanol–water partition coefficient (Wildman–Crippen LogP) is -0.262. The number of H-pyrrole nitrogens is 1. The summed E-state index contributed by atoms with van der Waals surface area (Å²) >= 11 is 0. The van der Waals surface area contributed by atoms with E-state index in [9.17, 15) is 8.42 Å². The normalized spacial score (nSPS) is 11.4. The zero-order valence-corrected chi connectivity index (χ0v) is 10.6. The lowest BCUT2D eigenvalue weighted by Gasteiger charge is -2.04. The molecule has 0 aliphatic carbocycles. The summed E-state index contributed by atoms with van der Waals surface area (Å²) in [7, 11) is -2.21. The molecule has 2 N–H and O–H groups in total. The number of nitrogens with zero attached hydrogens (tertiary/aromatic N) is 4. The summed E-state index contributed by atoms with van der Waals surface area (Å²) in [6, 6.07) is 1.46. The minimum Gasteiger partial charge on any atom is -0.463 e. The van der Waals surface area contributed by atoms with Crippen LogP contribution >= 0.6 is 0 Å². The molecule has 0 saturated carbocycles. The van der Waals surface area contributed by atoms with Crippen molar-refractivity contribution < 1.29 is 13.2 Å². The number of sulfonamides is 1. The molecule has 10 heteroatoms. The molecule has 2 rings (SSSR count). The number of hydrogen-bond donors (Lipinski definition) is 2. The Labute approximate surface area is 103 Å². The highest BCUT2D eigenvalue weighted by molar-refractivity contribution is 7.92. The molecule has 2 aromatic rings. The van der Waals surface area contributed by atoms with E-state index in [0.29, 0.717) is 6.61 Å². The van der Waals surface area contributed by atoms with Crippen LogP contribution < -0.4 is 9.46 Å². The molecule has 0 fully saturated rings. The summed E-state index contributed by atoms with van der Waals surface area (Å²) in [6.45, 7) is 2.17. The molecule has 0 spiro atoms. The van der Waals surface area contributed by atoms with Crippen LogP contribution in [0.5, 0.6) is 6.01 Å². The molecule has 18 heavy (non-hydrogen) atoms. The molecular weight excluding hydrogens is 260 g/mol. The van der Waals surface area contributed by atoms with E-state index in [-0.39, 0.29) is 17.0 Å². The Balaban J connectivity index is 2.20. The van der Waals surface area contributed by atoms with E-state index in [1.54, 1.807) is 6.92 Å². The van der Waals surface area contributed by atoms with Crippen LogP contribution in [0.2, 0.25) is 0 Å². The lowest BCUT2D eigenvalue weighted by Crippen LogP contribution is -2.17. The van der Waals surface area contributed by atoms with Crippen molar-refractivity contribution in [1.29, 1.82) is 0 Å². The van der Waals surface area contributed by atoms with E-state index in [2.05, 4.69) is 25.0 Å². The fourth-order valence-electron chi connectivity index (χ4n) is 1.29. The van der Waals surface area contributed by atoms with Gasteiger partial charge in [0.15, 0.2) is 5.03 Å². The molecule has 0 amide bonds.